The lowest BCUT2D eigenvalue weighted by Gasteiger charge is -2.15. The van der Waals surface area contributed by atoms with Gasteiger partial charge in [-0.05, 0) is 34.1 Å². The van der Waals surface area contributed by atoms with Gasteiger partial charge in [-0.25, -0.2) is 9.98 Å². The second-order valence-electron chi connectivity index (χ2n) is 4.39. The van der Waals surface area contributed by atoms with E-state index in [9.17, 15) is 0 Å². The molecular formula is C13H25IN4S. The molecule has 1 rings (SSSR count). The van der Waals surface area contributed by atoms with E-state index in [1.54, 1.807) is 11.3 Å². The number of guanidine groups is 1. The van der Waals surface area contributed by atoms with Crippen LogP contribution in [0, 0.1) is 13.8 Å². The van der Waals surface area contributed by atoms with Crippen LogP contribution in [0.25, 0.3) is 0 Å². The van der Waals surface area contributed by atoms with Crippen LogP contribution in [0.2, 0.25) is 0 Å². The zero-order valence-corrected chi connectivity index (χ0v) is 15.6. The first-order valence-electron chi connectivity index (χ1n) is 6.54. The highest BCUT2D eigenvalue weighted by molar-refractivity contribution is 14.0. The smallest absolute Gasteiger partial charge is 0.191 e. The highest BCUT2D eigenvalue weighted by Gasteiger charge is 2.06. The third-order valence-electron chi connectivity index (χ3n) is 2.72. The molecule has 1 heterocycles. The van der Waals surface area contributed by atoms with Crippen molar-refractivity contribution in [3.8, 4) is 0 Å². The van der Waals surface area contributed by atoms with E-state index < -0.39 is 0 Å². The van der Waals surface area contributed by atoms with Gasteiger partial charge in [0, 0.05) is 17.5 Å². The van der Waals surface area contributed by atoms with E-state index in [2.05, 4.69) is 41.4 Å². The Bertz CT molecular complexity index is 403. The summed E-state index contributed by atoms with van der Waals surface area (Å²) in [4.78, 5) is 10.3. The Morgan fingerprint density at radius 1 is 1.37 bits per heavy atom. The summed E-state index contributed by atoms with van der Waals surface area (Å²) < 4.78 is 0. The monoisotopic (exact) mass is 396 g/mol. The fourth-order valence-electron chi connectivity index (χ4n) is 1.53. The molecule has 1 unspecified atom stereocenters. The zero-order valence-electron chi connectivity index (χ0n) is 12.4. The van der Waals surface area contributed by atoms with Gasteiger partial charge >= 0.3 is 0 Å². The molecule has 0 aliphatic rings. The molecule has 1 aromatic heterocycles. The second-order valence-corrected chi connectivity index (χ2v) is 5.68. The third kappa shape index (κ3) is 6.56. The molecule has 19 heavy (non-hydrogen) atoms. The predicted molar refractivity (Wildman–Crippen MR) is 94.7 cm³/mol. The minimum atomic E-state index is 0. The normalized spacial score (nSPS) is 12.8. The Kier molecular flexibility index (Phi) is 9.34. The lowest BCUT2D eigenvalue weighted by atomic mass is 10.3. The maximum atomic E-state index is 4.61. The number of hydrogen-bond acceptors (Lipinski definition) is 3. The Morgan fingerprint density at radius 3 is 2.53 bits per heavy atom. The highest BCUT2D eigenvalue weighted by Crippen LogP contribution is 2.17. The fraction of sp³-hybridized carbons (Fsp3) is 0.692. The van der Waals surface area contributed by atoms with Gasteiger partial charge in [0.15, 0.2) is 5.96 Å². The van der Waals surface area contributed by atoms with E-state index in [0.29, 0.717) is 12.6 Å². The molecule has 0 aliphatic heterocycles. The Balaban J connectivity index is 0.00000324. The molecule has 4 nitrogen and oxygen atoms in total. The van der Waals surface area contributed by atoms with Crippen molar-refractivity contribution >= 4 is 41.3 Å². The van der Waals surface area contributed by atoms with Crippen molar-refractivity contribution in [1.82, 2.24) is 15.6 Å². The van der Waals surface area contributed by atoms with Crippen LogP contribution in [-0.2, 0) is 6.54 Å². The Morgan fingerprint density at radius 2 is 2.05 bits per heavy atom. The van der Waals surface area contributed by atoms with Crippen LogP contribution in [0.3, 0.4) is 0 Å². The molecule has 0 saturated heterocycles. The van der Waals surface area contributed by atoms with Crippen LogP contribution in [0.4, 0.5) is 0 Å². The van der Waals surface area contributed by atoms with Gasteiger partial charge in [0.05, 0.1) is 17.2 Å². The average Bonchev–Trinajstić information content (AvgIpc) is 2.65. The van der Waals surface area contributed by atoms with Crippen LogP contribution in [0.5, 0.6) is 0 Å². The largest absolute Gasteiger partial charge is 0.357 e. The minimum Gasteiger partial charge on any atom is -0.357 e. The maximum Gasteiger partial charge on any atom is 0.191 e. The first kappa shape index (κ1) is 18.6. The van der Waals surface area contributed by atoms with Gasteiger partial charge in [0.1, 0.15) is 0 Å². The molecule has 0 amide bonds. The number of thiazole rings is 1. The Labute approximate surface area is 137 Å². The van der Waals surface area contributed by atoms with Crippen molar-refractivity contribution in [1.29, 1.82) is 0 Å². The average molecular weight is 396 g/mol. The molecule has 1 aromatic rings. The second kappa shape index (κ2) is 9.52. The first-order valence-corrected chi connectivity index (χ1v) is 7.36. The molecule has 0 bridgehead atoms. The molecule has 2 N–H and O–H groups in total. The summed E-state index contributed by atoms with van der Waals surface area (Å²) in [5.41, 5.74) is 1.10. The molecule has 0 saturated carbocycles. The van der Waals surface area contributed by atoms with Crippen LogP contribution >= 0.6 is 35.3 Å². The molecular weight excluding hydrogens is 371 g/mol. The molecule has 0 aliphatic carbocycles. The number of nitrogens with one attached hydrogen (secondary N) is 2. The van der Waals surface area contributed by atoms with Gasteiger partial charge in [-0.2, -0.15) is 0 Å². The first-order chi connectivity index (χ1) is 8.56. The molecule has 110 valence electrons. The third-order valence-corrected chi connectivity index (χ3v) is 3.78. The molecule has 0 fully saturated rings. The Hall–Kier alpha value is -0.370. The standard InChI is InChI=1S/C13H24N4S.HI/c1-6-9(3)16-13(14-7-2)15-8-12-10(4)17-11(5)18-12;/h9H,6-8H2,1-5H3,(H2,14,15,16);1H. The van der Waals surface area contributed by atoms with E-state index in [4.69, 9.17) is 0 Å². The van der Waals surface area contributed by atoms with Gasteiger partial charge in [-0.1, -0.05) is 6.92 Å². The maximum absolute atomic E-state index is 4.61. The summed E-state index contributed by atoms with van der Waals surface area (Å²) in [7, 11) is 0. The minimum absolute atomic E-state index is 0. The number of aromatic nitrogens is 1. The van der Waals surface area contributed by atoms with Crippen LogP contribution in [-0.4, -0.2) is 23.5 Å². The van der Waals surface area contributed by atoms with Crippen LogP contribution < -0.4 is 10.6 Å². The number of aryl methyl sites for hydroxylation is 2. The lowest BCUT2D eigenvalue weighted by Crippen LogP contribution is -2.41. The molecule has 0 aromatic carbocycles. The van der Waals surface area contributed by atoms with Crippen molar-refractivity contribution < 1.29 is 0 Å². The summed E-state index contributed by atoms with van der Waals surface area (Å²) in [6.07, 6.45) is 1.09. The molecule has 0 radical (unpaired) electrons. The van der Waals surface area contributed by atoms with Crippen molar-refractivity contribution in [2.75, 3.05) is 6.54 Å². The summed E-state index contributed by atoms with van der Waals surface area (Å²) in [5, 5.41) is 7.76. The summed E-state index contributed by atoms with van der Waals surface area (Å²) in [6, 6.07) is 0.437. The van der Waals surface area contributed by atoms with Crippen molar-refractivity contribution in [2.45, 2.75) is 53.6 Å². The topological polar surface area (TPSA) is 49.3 Å². The van der Waals surface area contributed by atoms with Gasteiger partial charge in [-0.15, -0.1) is 35.3 Å². The summed E-state index contributed by atoms with van der Waals surface area (Å²) in [5.74, 6) is 0.886. The van der Waals surface area contributed by atoms with Gasteiger partial charge in [-0.3, -0.25) is 0 Å². The number of nitrogens with zero attached hydrogens (tertiary/aromatic N) is 2. The number of rotatable bonds is 5. The van der Waals surface area contributed by atoms with Crippen LogP contribution in [0.1, 0.15) is 42.8 Å². The van der Waals surface area contributed by atoms with Crippen molar-refractivity contribution in [3.63, 3.8) is 0 Å². The van der Waals surface area contributed by atoms with E-state index in [-0.39, 0.29) is 24.0 Å². The molecule has 6 heteroatoms. The molecule has 0 spiro atoms. The van der Waals surface area contributed by atoms with Gasteiger partial charge in [0.25, 0.3) is 0 Å². The van der Waals surface area contributed by atoms with E-state index in [0.717, 1.165) is 29.6 Å². The number of aliphatic imine (C=N–C) groups is 1. The van der Waals surface area contributed by atoms with E-state index in [1.807, 2.05) is 13.8 Å². The van der Waals surface area contributed by atoms with E-state index >= 15 is 0 Å². The highest BCUT2D eigenvalue weighted by atomic mass is 127. The van der Waals surface area contributed by atoms with Crippen LogP contribution in [0.15, 0.2) is 4.99 Å². The summed E-state index contributed by atoms with van der Waals surface area (Å²) in [6.45, 7) is 12.1. The predicted octanol–water partition coefficient (Wildman–Crippen LogP) is 3.23. The number of hydrogen-bond donors (Lipinski definition) is 2. The fourth-order valence-corrected chi connectivity index (χ4v) is 2.39. The molecule has 1 atom stereocenters. The van der Waals surface area contributed by atoms with Gasteiger partial charge in [0.2, 0.25) is 0 Å². The quantitative estimate of drug-likeness (QED) is 0.457. The zero-order chi connectivity index (χ0) is 13.5. The van der Waals surface area contributed by atoms with Crippen molar-refractivity contribution in [2.24, 2.45) is 4.99 Å². The van der Waals surface area contributed by atoms with Crippen molar-refractivity contribution in [3.05, 3.63) is 15.6 Å². The number of halogens is 1. The lowest BCUT2D eigenvalue weighted by molar-refractivity contribution is 0.624. The van der Waals surface area contributed by atoms with E-state index in [1.165, 1.54) is 4.88 Å². The SMILES string of the molecule is CCNC(=NCc1sc(C)nc1C)NC(C)CC.I. The van der Waals surface area contributed by atoms with Gasteiger partial charge < -0.3 is 10.6 Å². The summed E-state index contributed by atoms with van der Waals surface area (Å²) >= 11 is 1.73.